The molecule has 0 aromatic carbocycles. The quantitative estimate of drug-likeness (QED) is 0.274. The molecule has 5 heterocycles. The normalized spacial score (nSPS) is 14.9. The number of hydrogen-bond acceptors (Lipinski definition) is 5. The van der Waals surface area contributed by atoms with Gasteiger partial charge in [-0.15, -0.1) is 0 Å². The summed E-state index contributed by atoms with van der Waals surface area (Å²) in [5.41, 5.74) is 8.31. The van der Waals surface area contributed by atoms with Crippen molar-refractivity contribution in [3.63, 3.8) is 0 Å². The molecule has 0 amide bonds. The van der Waals surface area contributed by atoms with Crippen LogP contribution < -0.4 is 15.9 Å². The van der Waals surface area contributed by atoms with E-state index in [1.165, 1.54) is 25.7 Å². The lowest BCUT2D eigenvalue weighted by molar-refractivity contribution is 0.649. The first kappa shape index (κ1) is 24.6. The van der Waals surface area contributed by atoms with Crippen LogP contribution in [-0.4, -0.2) is 34.7 Å². The van der Waals surface area contributed by atoms with E-state index in [9.17, 15) is 0 Å². The van der Waals surface area contributed by atoms with Gasteiger partial charge in [0, 0.05) is 34.3 Å². The van der Waals surface area contributed by atoms with Gasteiger partial charge >= 0.3 is 0 Å². The number of H-pyrrole nitrogens is 2. The molecule has 1 aliphatic rings. The lowest BCUT2D eigenvalue weighted by Gasteiger charge is -2.16. The van der Waals surface area contributed by atoms with Gasteiger partial charge in [0.05, 0.1) is 58.5 Å². The van der Waals surface area contributed by atoms with E-state index in [0.29, 0.717) is 5.92 Å². The summed E-state index contributed by atoms with van der Waals surface area (Å²) in [6.45, 7) is 12.6. The number of hydrogen-bond donors (Lipinski definition) is 3. The van der Waals surface area contributed by atoms with Crippen LogP contribution in [0.5, 0.6) is 0 Å². The van der Waals surface area contributed by atoms with Crippen molar-refractivity contribution < 1.29 is 0 Å². The molecule has 0 saturated heterocycles. The number of anilines is 1. The Bertz CT molecular complexity index is 1810. The Kier molecular flexibility index (Phi) is 6.44. The molecule has 3 N–H and O–H groups in total. The van der Waals surface area contributed by atoms with Crippen molar-refractivity contribution in [2.24, 2.45) is 5.92 Å². The molecule has 196 valence electrons. The number of imidazole rings is 1. The largest absolute Gasteiger partial charge is 0.358 e. The molecule has 5 aromatic rings. The van der Waals surface area contributed by atoms with Crippen molar-refractivity contribution in [3.05, 3.63) is 90.1 Å². The van der Waals surface area contributed by atoms with E-state index in [1.807, 2.05) is 55.5 Å². The van der Waals surface area contributed by atoms with Crippen LogP contribution in [0, 0.1) is 12.8 Å². The molecule has 8 heteroatoms. The predicted molar refractivity (Wildman–Crippen MR) is 157 cm³/mol. The van der Waals surface area contributed by atoms with E-state index < -0.39 is 0 Å². The molecule has 1 saturated carbocycles. The Morgan fingerprint density at radius 2 is 1.92 bits per heavy atom. The highest BCUT2D eigenvalue weighted by Gasteiger charge is 2.18. The summed E-state index contributed by atoms with van der Waals surface area (Å²) in [5, 5.41) is 14.2. The average Bonchev–Trinajstić information content (AvgIpc) is 3.75. The van der Waals surface area contributed by atoms with Crippen LogP contribution in [0.15, 0.2) is 68.3 Å². The average molecular weight is 517 g/mol. The Morgan fingerprint density at radius 3 is 2.69 bits per heavy atom. The number of aryl methyl sites for hydroxylation is 1. The number of fused-ring (bicyclic) bond motifs is 1. The Balaban J connectivity index is 1.36. The molecule has 0 atom stereocenters. The van der Waals surface area contributed by atoms with Gasteiger partial charge in [-0.1, -0.05) is 32.1 Å². The summed E-state index contributed by atoms with van der Waals surface area (Å²) in [7, 11) is 0. The van der Waals surface area contributed by atoms with Crippen LogP contribution in [-0.2, 0) is 0 Å². The minimum atomic E-state index is 0.532. The first-order valence-corrected chi connectivity index (χ1v) is 13.3. The molecule has 6 rings (SSSR count). The SMILES string of the molecule is C=C(/C=c1/c(-c2cc3c(-n4cnc(C)c4)cncc3[nH]2)n[nH]/c1=C/C)c1cncc(NC(=C)C2CCCC2)c1. The van der Waals surface area contributed by atoms with Crippen molar-refractivity contribution in [1.82, 2.24) is 34.7 Å². The minimum absolute atomic E-state index is 0.532. The van der Waals surface area contributed by atoms with Crippen LogP contribution in [0.4, 0.5) is 5.69 Å². The van der Waals surface area contributed by atoms with E-state index in [2.05, 4.69) is 66.8 Å². The lowest BCUT2D eigenvalue weighted by Crippen LogP contribution is -2.23. The van der Waals surface area contributed by atoms with Crippen molar-refractivity contribution in [3.8, 4) is 17.1 Å². The van der Waals surface area contributed by atoms with Gasteiger partial charge in [-0.3, -0.25) is 15.1 Å². The number of pyridine rings is 2. The maximum Gasteiger partial charge on any atom is 0.116 e. The smallest absolute Gasteiger partial charge is 0.116 e. The van der Waals surface area contributed by atoms with Gasteiger partial charge in [0.2, 0.25) is 0 Å². The molecule has 1 fully saturated rings. The molecule has 0 unspecified atom stereocenters. The second-order valence-corrected chi connectivity index (χ2v) is 10.2. The second kappa shape index (κ2) is 10.2. The van der Waals surface area contributed by atoms with E-state index in [0.717, 1.165) is 66.8 Å². The van der Waals surface area contributed by atoms with Crippen LogP contribution >= 0.6 is 0 Å². The molecule has 0 bridgehead atoms. The maximum atomic E-state index is 4.67. The zero-order valence-corrected chi connectivity index (χ0v) is 22.3. The van der Waals surface area contributed by atoms with Gasteiger partial charge in [-0.25, -0.2) is 4.98 Å². The van der Waals surface area contributed by atoms with Gasteiger partial charge < -0.3 is 14.9 Å². The number of nitrogens with one attached hydrogen (secondary N) is 3. The van der Waals surface area contributed by atoms with E-state index in [1.54, 1.807) is 6.33 Å². The van der Waals surface area contributed by atoms with Crippen LogP contribution in [0.3, 0.4) is 0 Å². The fourth-order valence-electron chi connectivity index (χ4n) is 5.36. The third-order valence-electron chi connectivity index (χ3n) is 7.47. The molecule has 5 aromatic heterocycles. The van der Waals surface area contributed by atoms with Crippen LogP contribution in [0.2, 0.25) is 0 Å². The number of rotatable bonds is 7. The number of nitrogens with zero attached hydrogens (tertiary/aromatic N) is 5. The highest BCUT2D eigenvalue weighted by molar-refractivity contribution is 5.93. The topological polar surface area (TPSA) is 100 Å². The molecule has 1 aliphatic carbocycles. The van der Waals surface area contributed by atoms with Gasteiger partial charge in [0.25, 0.3) is 0 Å². The van der Waals surface area contributed by atoms with Gasteiger partial charge in [-0.05, 0) is 56.4 Å². The van der Waals surface area contributed by atoms with Crippen LogP contribution in [0.25, 0.3) is 45.7 Å². The van der Waals surface area contributed by atoms with Gasteiger partial charge in [0.15, 0.2) is 0 Å². The monoisotopic (exact) mass is 516 g/mol. The Hall–Kier alpha value is -4.72. The maximum absolute atomic E-state index is 4.67. The van der Waals surface area contributed by atoms with E-state index in [-0.39, 0.29) is 0 Å². The third kappa shape index (κ3) is 4.81. The molecular formula is C31H32N8. The molecule has 0 aliphatic heterocycles. The predicted octanol–water partition coefficient (Wildman–Crippen LogP) is 5.25. The van der Waals surface area contributed by atoms with Crippen molar-refractivity contribution in [1.29, 1.82) is 0 Å². The zero-order valence-electron chi connectivity index (χ0n) is 22.3. The number of allylic oxidation sites excluding steroid dienone is 2. The third-order valence-corrected chi connectivity index (χ3v) is 7.47. The van der Waals surface area contributed by atoms with Crippen molar-refractivity contribution >= 4 is 34.3 Å². The first-order chi connectivity index (χ1) is 19.0. The highest BCUT2D eigenvalue weighted by Crippen LogP contribution is 2.31. The number of aromatic amines is 2. The molecule has 0 spiro atoms. The van der Waals surface area contributed by atoms with Crippen molar-refractivity contribution in [2.75, 3.05) is 5.32 Å². The lowest BCUT2D eigenvalue weighted by atomic mass is 10.0. The molecule has 8 nitrogen and oxygen atoms in total. The van der Waals surface area contributed by atoms with Gasteiger partial charge in [0.1, 0.15) is 5.69 Å². The fraction of sp³-hybridized carbons (Fsp3) is 0.226. The van der Waals surface area contributed by atoms with Gasteiger partial charge in [-0.2, -0.15) is 5.10 Å². The second-order valence-electron chi connectivity index (χ2n) is 10.2. The first-order valence-electron chi connectivity index (χ1n) is 13.3. The molecule has 39 heavy (non-hydrogen) atoms. The number of aromatic nitrogens is 7. The Labute approximate surface area is 226 Å². The minimum Gasteiger partial charge on any atom is -0.358 e. The summed E-state index contributed by atoms with van der Waals surface area (Å²) in [4.78, 5) is 16.8. The summed E-state index contributed by atoms with van der Waals surface area (Å²) in [6.07, 6.45) is 20.2. The standard InChI is InChI=1S/C31H32N8/c1-5-27-26(10-19(2)23-11-24(14-32-13-23)35-21(4)22-8-6-7-9-22)31(38-37-27)28-12-25-29(36-28)15-33-16-30(25)39-17-20(3)34-18-39/h5,10-18,22,35-37H,2,4,6-9H2,1,3H3/b26-10+,27-5+. The summed E-state index contributed by atoms with van der Waals surface area (Å²) < 4.78 is 1.99. The molecule has 0 radical (unpaired) electrons. The summed E-state index contributed by atoms with van der Waals surface area (Å²) in [6, 6.07) is 4.19. The van der Waals surface area contributed by atoms with Crippen molar-refractivity contribution in [2.45, 2.75) is 39.5 Å². The zero-order chi connectivity index (χ0) is 26.9. The summed E-state index contributed by atoms with van der Waals surface area (Å²) >= 11 is 0. The van der Waals surface area contributed by atoms with Crippen LogP contribution in [0.1, 0.15) is 43.9 Å². The summed E-state index contributed by atoms with van der Waals surface area (Å²) in [5.74, 6) is 0.532. The molecular weight excluding hydrogens is 484 g/mol. The van der Waals surface area contributed by atoms with E-state index >= 15 is 0 Å². The fourth-order valence-corrected chi connectivity index (χ4v) is 5.36. The highest BCUT2D eigenvalue weighted by atomic mass is 15.1. The Morgan fingerprint density at radius 1 is 1.10 bits per heavy atom. The van der Waals surface area contributed by atoms with E-state index in [4.69, 9.17) is 0 Å².